The normalized spacial score (nSPS) is 10.3. The van der Waals surface area contributed by atoms with Crippen molar-refractivity contribution in [3.63, 3.8) is 0 Å². The lowest BCUT2D eigenvalue weighted by atomic mass is 10.2. The second-order valence-corrected chi connectivity index (χ2v) is 2.50. The summed E-state index contributed by atoms with van der Waals surface area (Å²) in [5, 5.41) is 1.37. The molecule has 0 unspecified atom stereocenters. The number of hydrogen-bond acceptors (Lipinski definition) is 3. The molecule has 0 aliphatic carbocycles. The minimum atomic E-state index is -0.139. The number of aromatic nitrogens is 2. The predicted molar refractivity (Wildman–Crippen MR) is 46.8 cm³/mol. The SMILES string of the molecule is Nc1cc2cc[nH]c(=O)c2cn1. The summed E-state index contributed by atoms with van der Waals surface area (Å²) in [6, 6.07) is 3.46. The monoisotopic (exact) mass is 161 g/mol. The minimum absolute atomic E-state index is 0.139. The van der Waals surface area contributed by atoms with Gasteiger partial charge in [-0.3, -0.25) is 4.79 Å². The molecule has 0 amide bonds. The summed E-state index contributed by atoms with van der Waals surface area (Å²) in [6.45, 7) is 0. The third-order valence-corrected chi connectivity index (χ3v) is 1.68. The van der Waals surface area contributed by atoms with Crippen molar-refractivity contribution < 1.29 is 0 Å². The fourth-order valence-corrected chi connectivity index (χ4v) is 1.10. The lowest BCUT2D eigenvalue weighted by Gasteiger charge is -1.95. The van der Waals surface area contributed by atoms with E-state index >= 15 is 0 Å². The molecule has 12 heavy (non-hydrogen) atoms. The van der Waals surface area contributed by atoms with Gasteiger partial charge in [-0.1, -0.05) is 0 Å². The largest absolute Gasteiger partial charge is 0.384 e. The van der Waals surface area contributed by atoms with Gasteiger partial charge in [-0.25, -0.2) is 4.98 Å². The zero-order chi connectivity index (χ0) is 8.55. The summed E-state index contributed by atoms with van der Waals surface area (Å²) in [7, 11) is 0. The van der Waals surface area contributed by atoms with E-state index < -0.39 is 0 Å². The third kappa shape index (κ3) is 0.934. The Balaban J connectivity index is 2.96. The highest BCUT2D eigenvalue weighted by molar-refractivity contribution is 5.82. The molecule has 0 bridgehead atoms. The Morgan fingerprint density at radius 3 is 3.17 bits per heavy atom. The third-order valence-electron chi connectivity index (χ3n) is 1.68. The molecule has 2 heterocycles. The number of anilines is 1. The van der Waals surface area contributed by atoms with Crippen LogP contribution >= 0.6 is 0 Å². The molecule has 3 N–H and O–H groups in total. The maximum absolute atomic E-state index is 11.2. The van der Waals surface area contributed by atoms with E-state index in [4.69, 9.17) is 5.73 Å². The smallest absolute Gasteiger partial charge is 0.257 e. The van der Waals surface area contributed by atoms with Crippen molar-refractivity contribution in [2.24, 2.45) is 0 Å². The molecule has 60 valence electrons. The molecule has 0 saturated carbocycles. The number of nitrogens with one attached hydrogen (secondary N) is 1. The topological polar surface area (TPSA) is 71.8 Å². The van der Waals surface area contributed by atoms with Gasteiger partial charge in [-0.2, -0.15) is 0 Å². The highest BCUT2D eigenvalue weighted by Gasteiger charge is 1.97. The van der Waals surface area contributed by atoms with Crippen LogP contribution in [0.4, 0.5) is 5.82 Å². The molecule has 4 nitrogen and oxygen atoms in total. The summed E-state index contributed by atoms with van der Waals surface area (Å²) in [4.78, 5) is 17.5. The van der Waals surface area contributed by atoms with Crippen molar-refractivity contribution in [3.05, 3.63) is 34.9 Å². The van der Waals surface area contributed by atoms with E-state index in [1.165, 1.54) is 6.20 Å². The average Bonchev–Trinajstić information content (AvgIpc) is 2.04. The highest BCUT2D eigenvalue weighted by Crippen LogP contribution is 2.08. The second-order valence-electron chi connectivity index (χ2n) is 2.50. The fraction of sp³-hybridized carbons (Fsp3) is 0. The number of rotatable bonds is 0. The van der Waals surface area contributed by atoms with Crippen molar-refractivity contribution in [1.29, 1.82) is 0 Å². The van der Waals surface area contributed by atoms with Crippen LogP contribution in [0.5, 0.6) is 0 Å². The van der Waals surface area contributed by atoms with Crippen molar-refractivity contribution in [2.45, 2.75) is 0 Å². The van der Waals surface area contributed by atoms with Crippen LogP contribution in [0.3, 0.4) is 0 Å². The molecule has 0 aliphatic heterocycles. The lowest BCUT2D eigenvalue weighted by Crippen LogP contribution is -2.05. The van der Waals surface area contributed by atoms with Gasteiger partial charge >= 0.3 is 0 Å². The number of pyridine rings is 2. The van der Waals surface area contributed by atoms with Gasteiger partial charge in [-0.15, -0.1) is 0 Å². The van der Waals surface area contributed by atoms with Gasteiger partial charge < -0.3 is 10.7 Å². The van der Waals surface area contributed by atoms with E-state index in [2.05, 4.69) is 9.97 Å². The average molecular weight is 161 g/mol. The van der Waals surface area contributed by atoms with E-state index in [-0.39, 0.29) is 5.56 Å². The van der Waals surface area contributed by atoms with Crippen molar-refractivity contribution >= 4 is 16.6 Å². The first-order valence-electron chi connectivity index (χ1n) is 3.50. The number of H-pyrrole nitrogens is 1. The van der Waals surface area contributed by atoms with Crippen molar-refractivity contribution in [3.8, 4) is 0 Å². The predicted octanol–water partition coefficient (Wildman–Crippen LogP) is 0.505. The first kappa shape index (κ1) is 6.84. The number of nitrogens with two attached hydrogens (primary N) is 1. The van der Waals surface area contributed by atoms with Gasteiger partial charge in [0.25, 0.3) is 5.56 Å². The Kier molecular flexibility index (Phi) is 1.33. The Labute approximate surface area is 68.1 Å². The maximum Gasteiger partial charge on any atom is 0.257 e. The first-order chi connectivity index (χ1) is 5.77. The molecule has 2 rings (SSSR count). The quantitative estimate of drug-likeness (QED) is 0.591. The minimum Gasteiger partial charge on any atom is -0.384 e. The van der Waals surface area contributed by atoms with Crippen LogP contribution in [0.1, 0.15) is 0 Å². The fourth-order valence-electron chi connectivity index (χ4n) is 1.10. The van der Waals surface area contributed by atoms with Crippen LogP contribution in [0.2, 0.25) is 0 Å². The number of hydrogen-bond donors (Lipinski definition) is 2. The lowest BCUT2D eigenvalue weighted by molar-refractivity contribution is 1.26. The Bertz CT molecular complexity index is 475. The molecule has 0 aromatic carbocycles. The van der Waals surface area contributed by atoms with E-state index in [1.807, 2.05) is 0 Å². The first-order valence-corrected chi connectivity index (χ1v) is 3.50. The van der Waals surface area contributed by atoms with E-state index in [9.17, 15) is 4.79 Å². The zero-order valence-corrected chi connectivity index (χ0v) is 6.24. The summed E-state index contributed by atoms with van der Waals surface area (Å²) in [5.74, 6) is 0.424. The van der Waals surface area contributed by atoms with Gasteiger partial charge in [0.05, 0.1) is 5.39 Å². The van der Waals surface area contributed by atoms with Gasteiger partial charge in [0.1, 0.15) is 5.82 Å². The van der Waals surface area contributed by atoms with Crippen LogP contribution < -0.4 is 11.3 Å². The molecule has 0 spiro atoms. The Morgan fingerprint density at radius 2 is 2.33 bits per heavy atom. The highest BCUT2D eigenvalue weighted by atomic mass is 16.1. The number of aromatic amines is 1. The van der Waals surface area contributed by atoms with E-state index in [1.54, 1.807) is 18.3 Å². The van der Waals surface area contributed by atoms with Crippen LogP contribution in [0.15, 0.2) is 29.3 Å². The molecule has 0 aliphatic rings. The van der Waals surface area contributed by atoms with Crippen molar-refractivity contribution in [2.75, 3.05) is 5.73 Å². The molecular formula is C8H7N3O. The second kappa shape index (κ2) is 2.34. The van der Waals surface area contributed by atoms with E-state index in [0.717, 1.165) is 5.39 Å². The standard InChI is InChI=1S/C8H7N3O/c9-7-3-5-1-2-10-8(12)6(5)4-11-7/h1-4H,(H2,9,11)(H,10,12). The van der Waals surface area contributed by atoms with Crippen LogP contribution in [-0.4, -0.2) is 9.97 Å². The van der Waals surface area contributed by atoms with Gasteiger partial charge in [-0.05, 0) is 17.5 Å². The molecule has 0 fully saturated rings. The molecule has 2 aromatic rings. The van der Waals surface area contributed by atoms with Crippen molar-refractivity contribution in [1.82, 2.24) is 9.97 Å². The molecule has 4 heteroatoms. The van der Waals surface area contributed by atoms with Crippen LogP contribution in [0.25, 0.3) is 10.8 Å². The van der Waals surface area contributed by atoms with Gasteiger partial charge in [0, 0.05) is 12.4 Å². The molecule has 2 aromatic heterocycles. The number of nitrogens with zero attached hydrogens (tertiary/aromatic N) is 1. The molecule has 0 saturated heterocycles. The Hall–Kier alpha value is -1.84. The molecular weight excluding hydrogens is 154 g/mol. The van der Waals surface area contributed by atoms with Crippen LogP contribution in [-0.2, 0) is 0 Å². The van der Waals surface area contributed by atoms with Gasteiger partial charge in [0.15, 0.2) is 0 Å². The van der Waals surface area contributed by atoms with E-state index in [0.29, 0.717) is 11.2 Å². The summed E-state index contributed by atoms with van der Waals surface area (Å²) in [6.07, 6.45) is 3.06. The maximum atomic E-state index is 11.2. The number of nitrogen functional groups attached to an aromatic ring is 1. The molecule has 0 radical (unpaired) electrons. The van der Waals surface area contributed by atoms with Crippen LogP contribution in [0, 0.1) is 0 Å². The number of fused-ring (bicyclic) bond motifs is 1. The summed E-state index contributed by atoms with van der Waals surface area (Å²) < 4.78 is 0. The Morgan fingerprint density at radius 1 is 1.50 bits per heavy atom. The zero-order valence-electron chi connectivity index (χ0n) is 6.24. The summed E-state index contributed by atoms with van der Waals surface area (Å²) in [5.41, 5.74) is 5.31. The summed E-state index contributed by atoms with van der Waals surface area (Å²) >= 11 is 0. The van der Waals surface area contributed by atoms with Gasteiger partial charge in [0.2, 0.25) is 0 Å². The molecule has 0 atom stereocenters.